The Kier molecular flexibility index (Phi) is 8.68. The monoisotopic (exact) mass is 482 g/mol. The molecule has 2 fully saturated rings. The van der Waals surface area contributed by atoms with Gasteiger partial charge in [-0.25, -0.2) is 0 Å². The summed E-state index contributed by atoms with van der Waals surface area (Å²) in [5, 5.41) is 0. The molecule has 188 valence electrons. The highest BCUT2D eigenvalue weighted by atomic mass is 28.4. The molecule has 2 rings (SSSR count). The lowest BCUT2D eigenvalue weighted by Gasteiger charge is -2.30. The lowest BCUT2D eigenvalue weighted by molar-refractivity contribution is -0.146. The lowest BCUT2D eigenvalue weighted by Crippen LogP contribution is -2.45. The molecule has 9 heteroatoms. The SMILES string of the molecule is CO[Si](CCCC1CC(=O)N(C(C)(C)C)C1=O)(CCCC1CC(=O)N(C(C)(C)C)C1=O)OC. The molecule has 0 aromatic carbocycles. The van der Waals surface area contributed by atoms with Crippen molar-refractivity contribution >= 4 is 32.2 Å². The number of hydrogen-bond donors (Lipinski definition) is 0. The van der Waals surface area contributed by atoms with Crippen molar-refractivity contribution in [3.8, 4) is 0 Å². The molecule has 0 N–H and O–H groups in total. The number of amides is 4. The maximum absolute atomic E-state index is 12.7. The van der Waals surface area contributed by atoms with Gasteiger partial charge in [-0.3, -0.25) is 29.0 Å². The van der Waals surface area contributed by atoms with Gasteiger partial charge < -0.3 is 8.85 Å². The topological polar surface area (TPSA) is 93.2 Å². The number of imide groups is 2. The number of carbonyl (C=O) groups excluding carboxylic acids is 4. The van der Waals surface area contributed by atoms with E-state index in [9.17, 15) is 19.2 Å². The van der Waals surface area contributed by atoms with Crippen molar-refractivity contribution in [2.24, 2.45) is 11.8 Å². The fraction of sp³-hybridized carbons (Fsp3) is 0.833. The fourth-order valence-electron chi connectivity index (χ4n) is 5.10. The van der Waals surface area contributed by atoms with E-state index in [4.69, 9.17) is 8.85 Å². The van der Waals surface area contributed by atoms with Crippen LogP contribution in [0.3, 0.4) is 0 Å². The molecule has 0 aliphatic carbocycles. The molecule has 2 heterocycles. The first-order valence-electron chi connectivity index (χ1n) is 12.0. The maximum Gasteiger partial charge on any atom is 0.337 e. The second-order valence-electron chi connectivity index (χ2n) is 11.4. The Morgan fingerprint density at radius 1 is 0.727 bits per heavy atom. The van der Waals surface area contributed by atoms with Crippen LogP contribution in [0.1, 0.15) is 80.1 Å². The van der Waals surface area contributed by atoms with Gasteiger partial charge in [0.05, 0.1) is 0 Å². The minimum atomic E-state index is -2.49. The Hall–Kier alpha value is -1.58. The highest BCUT2D eigenvalue weighted by molar-refractivity contribution is 6.67. The lowest BCUT2D eigenvalue weighted by atomic mass is 10.0. The minimum absolute atomic E-state index is 0.0811. The van der Waals surface area contributed by atoms with Gasteiger partial charge in [-0.2, -0.15) is 0 Å². The summed E-state index contributed by atoms with van der Waals surface area (Å²) in [5.41, 5.74) is -0.996. The van der Waals surface area contributed by atoms with Crippen molar-refractivity contribution in [2.45, 2.75) is 103 Å². The molecule has 0 aromatic heterocycles. The van der Waals surface area contributed by atoms with Gasteiger partial charge in [0, 0.05) is 50.0 Å². The predicted octanol–water partition coefficient (Wildman–Crippen LogP) is 3.63. The number of carbonyl (C=O) groups is 4. The molecule has 0 saturated carbocycles. The zero-order valence-electron chi connectivity index (χ0n) is 21.7. The van der Waals surface area contributed by atoms with Crippen LogP contribution < -0.4 is 0 Å². The summed E-state index contributed by atoms with van der Waals surface area (Å²) >= 11 is 0. The van der Waals surface area contributed by atoms with Crippen molar-refractivity contribution in [1.29, 1.82) is 0 Å². The summed E-state index contributed by atoms with van der Waals surface area (Å²) in [7, 11) is 0.827. The van der Waals surface area contributed by atoms with Gasteiger partial charge in [-0.15, -0.1) is 0 Å². The van der Waals surface area contributed by atoms with Crippen molar-refractivity contribution < 1.29 is 28.0 Å². The highest BCUT2D eigenvalue weighted by Gasteiger charge is 2.45. The molecule has 2 unspecified atom stereocenters. The second-order valence-corrected chi connectivity index (χ2v) is 15.0. The first-order valence-corrected chi connectivity index (χ1v) is 14.2. The zero-order chi connectivity index (χ0) is 25.2. The van der Waals surface area contributed by atoms with E-state index in [0.29, 0.717) is 12.8 Å². The zero-order valence-corrected chi connectivity index (χ0v) is 22.7. The summed E-state index contributed by atoms with van der Waals surface area (Å²) in [5.74, 6) is -0.908. The molecule has 2 aliphatic rings. The van der Waals surface area contributed by atoms with Gasteiger partial charge in [-0.05, 0) is 66.5 Å². The van der Waals surface area contributed by atoms with E-state index in [1.807, 2.05) is 41.5 Å². The van der Waals surface area contributed by atoms with Crippen molar-refractivity contribution in [3.63, 3.8) is 0 Å². The first kappa shape index (κ1) is 27.7. The Balaban J connectivity index is 1.88. The van der Waals surface area contributed by atoms with Crippen LogP contribution in [0.5, 0.6) is 0 Å². The third kappa shape index (κ3) is 6.30. The molecule has 2 aliphatic heterocycles. The fourth-order valence-corrected chi connectivity index (χ4v) is 7.82. The molecular formula is C24H42N2O6Si. The van der Waals surface area contributed by atoms with Crippen LogP contribution in [-0.4, -0.2) is 67.3 Å². The molecule has 0 radical (unpaired) electrons. The molecule has 8 nitrogen and oxygen atoms in total. The van der Waals surface area contributed by atoms with Crippen LogP contribution in [0, 0.1) is 11.8 Å². The van der Waals surface area contributed by atoms with Gasteiger partial charge in [-0.1, -0.05) is 12.8 Å². The molecule has 0 spiro atoms. The Bertz CT molecular complexity index is 706. The third-order valence-corrected chi connectivity index (χ3v) is 10.5. The van der Waals surface area contributed by atoms with E-state index in [1.165, 1.54) is 9.80 Å². The largest absolute Gasteiger partial charge is 0.398 e. The average Bonchev–Trinajstić information content (AvgIpc) is 3.14. The van der Waals surface area contributed by atoms with Crippen LogP contribution in [0.2, 0.25) is 12.1 Å². The van der Waals surface area contributed by atoms with Gasteiger partial charge in [0.1, 0.15) is 0 Å². The Morgan fingerprint density at radius 2 is 1.06 bits per heavy atom. The molecule has 0 aromatic rings. The quantitative estimate of drug-likeness (QED) is 0.349. The van der Waals surface area contributed by atoms with Crippen LogP contribution >= 0.6 is 0 Å². The van der Waals surface area contributed by atoms with Crippen molar-refractivity contribution in [3.05, 3.63) is 0 Å². The van der Waals surface area contributed by atoms with Gasteiger partial charge in [0.2, 0.25) is 23.6 Å². The van der Waals surface area contributed by atoms with E-state index in [2.05, 4.69) is 0 Å². The average molecular weight is 483 g/mol. The van der Waals surface area contributed by atoms with Crippen molar-refractivity contribution in [2.75, 3.05) is 14.2 Å². The van der Waals surface area contributed by atoms with E-state index >= 15 is 0 Å². The summed E-state index contributed by atoms with van der Waals surface area (Å²) in [6.07, 6.45) is 3.30. The molecule has 0 bridgehead atoms. The highest BCUT2D eigenvalue weighted by Crippen LogP contribution is 2.34. The smallest absolute Gasteiger partial charge is 0.337 e. The van der Waals surface area contributed by atoms with E-state index in [-0.39, 0.29) is 48.3 Å². The number of rotatable bonds is 10. The van der Waals surface area contributed by atoms with Crippen LogP contribution in [0.4, 0.5) is 0 Å². The van der Waals surface area contributed by atoms with Crippen LogP contribution in [0.15, 0.2) is 0 Å². The summed E-state index contributed by atoms with van der Waals surface area (Å²) < 4.78 is 11.7. The molecule has 2 saturated heterocycles. The van der Waals surface area contributed by atoms with Gasteiger partial charge >= 0.3 is 8.56 Å². The molecule has 4 amide bonds. The molecule has 2 atom stereocenters. The summed E-state index contributed by atoms with van der Waals surface area (Å²) in [6.45, 7) is 11.3. The first-order chi connectivity index (χ1) is 15.2. The Morgan fingerprint density at radius 3 is 1.30 bits per heavy atom. The van der Waals surface area contributed by atoms with Crippen LogP contribution in [-0.2, 0) is 28.0 Å². The van der Waals surface area contributed by atoms with E-state index in [0.717, 1.165) is 24.9 Å². The number of nitrogens with zero attached hydrogens (tertiary/aromatic N) is 2. The predicted molar refractivity (Wildman–Crippen MR) is 127 cm³/mol. The van der Waals surface area contributed by atoms with Crippen molar-refractivity contribution in [1.82, 2.24) is 9.80 Å². The van der Waals surface area contributed by atoms with E-state index in [1.54, 1.807) is 14.2 Å². The van der Waals surface area contributed by atoms with Gasteiger partial charge in [0.15, 0.2) is 0 Å². The second kappa shape index (κ2) is 10.4. The summed E-state index contributed by atoms with van der Waals surface area (Å²) in [4.78, 5) is 52.9. The Labute approximate surface area is 199 Å². The molecular weight excluding hydrogens is 440 g/mol. The molecule has 33 heavy (non-hydrogen) atoms. The number of likely N-dealkylation sites (tertiary alicyclic amines) is 2. The standard InChI is InChI=1S/C24H42N2O6Si/c1-23(2,3)25-19(27)15-17(21(25)29)11-9-13-33(31-7,32-8)14-10-12-18-16-20(28)26(22(18)30)24(4,5)6/h17-18H,9-16H2,1-8H3. The van der Waals surface area contributed by atoms with Crippen LogP contribution in [0.25, 0.3) is 0 Å². The minimum Gasteiger partial charge on any atom is -0.398 e. The van der Waals surface area contributed by atoms with E-state index < -0.39 is 19.6 Å². The summed E-state index contributed by atoms with van der Waals surface area (Å²) in [6, 6.07) is 1.44. The maximum atomic E-state index is 12.7. The number of hydrogen-bond acceptors (Lipinski definition) is 6. The third-order valence-electron chi connectivity index (χ3n) is 6.79. The normalized spacial score (nSPS) is 22.8. The van der Waals surface area contributed by atoms with Gasteiger partial charge in [0.25, 0.3) is 0 Å².